The van der Waals surface area contributed by atoms with Crippen LogP contribution in [-0.4, -0.2) is 37.7 Å². The second-order valence-corrected chi connectivity index (χ2v) is 7.48. The van der Waals surface area contributed by atoms with Crippen molar-refractivity contribution in [3.05, 3.63) is 90.2 Å². The van der Waals surface area contributed by atoms with Gasteiger partial charge in [-0.15, -0.1) is 5.10 Å². The molecule has 1 atom stereocenters. The van der Waals surface area contributed by atoms with Crippen LogP contribution in [-0.2, 0) is 4.79 Å². The first-order chi connectivity index (χ1) is 16.1. The molecule has 0 bridgehead atoms. The number of hydrogen-bond acceptors (Lipinski definition) is 7. The van der Waals surface area contributed by atoms with Crippen LogP contribution in [0.25, 0.3) is 11.4 Å². The summed E-state index contributed by atoms with van der Waals surface area (Å²) < 4.78 is 7.16. The molecule has 1 unspecified atom stereocenters. The lowest BCUT2D eigenvalue weighted by Gasteiger charge is -2.28. The van der Waals surface area contributed by atoms with Crippen molar-refractivity contribution >= 4 is 17.5 Å². The number of anilines is 2. The van der Waals surface area contributed by atoms with E-state index < -0.39 is 6.04 Å². The summed E-state index contributed by atoms with van der Waals surface area (Å²) in [6.45, 7) is 1.85. The standard InChI is InChI=1S/C24H21N7O2/c1-15-20(23(32)28-18-8-5-11-26-14-18)21(16-6-3-9-19(12-16)33-2)31-24(27-15)29-22(30-31)17-7-4-10-25-13-17/h3-14,21H,1-2H3,(H,28,32)(H,27,29,30). The van der Waals surface area contributed by atoms with Gasteiger partial charge >= 0.3 is 0 Å². The highest BCUT2D eigenvalue weighted by molar-refractivity contribution is 6.06. The number of benzene rings is 1. The fraction of sp³-hybridized carbons (Fsp3) is 0.125. The minimum absolute atomic E-state index is 0.259. The maximum atomic E-state index is 13.5. The molecule has 4 aromatic rings. The Balaban J connectivity index is 1.62. The zero-order valence-electron chi connectivity index (χ0n) is 18.1. The smallest absolute Gasteiger partial charge is 0.255 e. The number of methoxy groups -OCH3 is 1. The second kappa shape index (κ2) is 8.54. The molecule has 1 aliphatic heterocycles. The first-order valence-corrected chi connectivity index (χ1v) is 10.3. The molecule has 9 nitrogen and oxygen atoms in total. The van der Waals surface area contributed by atoms with E-state index in [1.165, 1.54) is 0 Å². The molecule has 0 fully saturated rings. The number of ether oxygens (including phenoxy) is 1. The van der Waals surface area contributed by atoms with Crippen molar-refractivity contribution in [3.8, 4) is 17.1 Å². The first-order valence-electron chi connectivity index (χ1n) is 10.3. The normalized spacial score (nSPS) is 14.9. The molecule has 0 saturated carbocycles. The van der Waals surface area contributed by atoms with Crippen LogP contribution in [0.2, 0.25) is 0 Å². The maximum absolute atomic E-state index is 13.5. The SMILES string of the molecule is COc1cccc(C2C(C(=O)Nc3cccnc3)=C(C)Nc3nc(-c4cccnc4)nn32)c1. The quantitative estimate of drug-likeness (QED) is 0.489. The van der Waals surface area contributed by atoms with Crippen molar-refractivity contribution in [3.63, 3.8) is 0 Å². The van der Waals surface area contributed by atoms with E-state index in [1.807, 2.05) is 43.3 Å². The Morgan fingerprint density at radius 3 is 2.64 bits per heavy atom. The number of amides is 1. The van der Waals surface area contributed by atoms with Gasteiger partial charge in [0.05, 0.1) is 24.6 Å². The summed E-state index contributed by atoms with van der Waals surface area (Å²) in [6, 6.07) is 14.4. The van der Waals surface area contributed by atoms with E-state index in [4.69, 9.17) is 9.84 Å². The highest BCUT2D eigenvalue weighted by atomic mass is 16.5. The van der Waals surface area contributed by atoms with Gasteiger partial charge < -0.3 is 15.4 Å². The van der Waals surface area contributed by atoms with Crippen molar-refractivity contribution in [2.45, 2.75) is 13.0 Å². The predicted octanol–water partition coefficient (Wildman–Crippen LogP) is 3.67. The number of allylic oxidation sites excluding steroid dienone is 1. The molecule has 3 aromatic heterocycles. The molecule has 0 spiro atoms. The zero-order valence-corrected chi connectivity index (χ0v) is 18.1. The van der Waals surface area contributed by atoms with E-state index in [0.717, 1.165) is 11.1 Å². The summed E-state index contributed by atoms with van der Waals surface area (Å²) in [7, 11) is 1.61. The number of rotatable bonds is 5. The van der Waals surface area contributed by atoms with Crippen molar-refractivity contribution in [2.75, 3.05) is 17.7 Å². The van der Waals surface area contributed by atoms with Gasteiger partial charge in [-0.3, -0.25) is 14.8 Å². The van der Waals surface area contributed by atoms with Gasteiger partial charge in [0.25, 0.3) is 5.91 Å². The van der Waals surface area contributed by atoms with Crippen molar-refractivity contribution < 1.29 is 9.53 Å². The number of nitrogens with zero attached hydrogens (tertiary/aromatic N) is 5. The van der Waals surface area contributed by atoms with Gasteiger partial charge in [0.15, 0.2) is 5.82 Å². The Labute approximate surface area is 190 Å². The van der Waals surface area contributed by atoms with Crippen molar-refractivity contribution in [1.29, 1.82) is 0 Å². The number of hydrogen-bond donors (Lipinski definition) is 2. The molecule has 4 heterocycles. The average molecular weight is 439 g/mol. The minimum atomic E-state index is -0.522. The first kappa shape index (κ1) is 20.4. The van der Waals surface area contributed by atoms with Gasteiger partial charge in [0.1, 0.15) is 11.8 Å². The van der Waals surface area contributed by atoms with Crippen LogP contribution in [0.15, 0.2) is 84.6 Å². The predicted molar refractivity (Wildman–Crippen MR) is 124 cm³/mol. The lowest BCUT2D eigenvalue weighted by atomic mass is 9.95. The Bertz CT molecular complexity index is 1330. The van der Waals surface area contributed by atoms with Crippen LogP contribution < -0.4 is 15.4 Å². The number of aromatic nitrogens is 5. The third-order valence-electron chi connectivity index (χ3n) is 5.35. The van der Waals surface area contributed by atoms with Gasteiger partial charge in [-0.2, -0.15) is 4.98 Å². The van der Waals surface area contributed by atoms with Crippen molar-refractivity contribution in [1.82, 2.24) is 24.7 Å². The van der Waals surface area contributed by atoms with Crippen LogP contribution in [0.1, 0.15) is 18.5 Å². The summed E-state index contributed by atoms with van der Waals surface area (Å²) in [5.74, 6) is 1.48. The van der Waals surface area contributed by atoms with Gasteiger partial charge in [-0.25, -0.2) is 4.68 Å². The Morgan fingerprint density at radius 1 is 1.09 bits per heavy atom. The maximum Gasteiger partial charge on any atom is 0.255 e. The van der Waals surface area contributed by atoms with Crippen molar-refractivity contribution in [2.24, 2.45) is 0 Å². The second-order valence-electron chi connectivity index (χ2n) is 7.48. The van der Waals surface area contributed by atoms with Crippen LogP contribution in [0.5, 0.6) is 5.75 Å². The Morgan fingerprint density at radius 2 is 1.91 bits per heavy atom. The zero-order chi connectivity index (χ0) is 22.8. The van der Waals surface area contributed by atoms with Crippen LogP contribution in [0, 0.1) is 0 Å². The summed E-state index contributed by atoms with van der Waals surface area (Å²) >= 11 is 0. The molecule has 1 amide bonds. The monoisotopic (exact) mass is 439 g/mol. The average Bonchev–Trinajstić information content (AvgIpc) is 3.28. The Hall–Kier alpha value is -4.53. The third kappa shape index (κ3) is 3.91. The lowest BCUT2D eigenvalue weighted by molar-refractivity contribution is -0.113. The third-order valence-corrected chi connectivity index (χ3v) is 5.35. The topological polar surface area (TPSA) is 107 Å². The van der Waals surface area contributed by atoms with Gasteiger partial charge in [0.2, 0.25) is 5.95 Å². The summed E-state index contributed by atoms with van der Waals surface area (Å²) in [5, 5.41) is 10.9. The van der Waals surface area contributed by atoms with Crippen LogP contribution in [0.4, 0.5) is 11.6 Å². The lowest BCUT2D eigenvalue weighted by Crippen LogP contribution is -2.31. The molecule has 33 heavy (non-hydrogen) atoms. The van der Waals surface area contributed by atoms with Gasteiger partial charge in [0, 0.05) is 29.9 Å². The minimum Gasteiger partial charge on any atom is -0.497 e. The largest absolute Gasteiger partial charge is 0.497 e. The molecule has 1 aliphatic rings. The van der Waals surface area contributed by atoms with E-state index in [-0.39, 0.29) is 5.91 Å². The van der Waals surface area contributed by atoms with E-state index >= 15 is 0 Å². The van der Waals surface area contributed by atoms with E-state index in [1.54, 1.807) is 48.7 Å². The highest BCUT2D eigenvalue weighted by Crippen LogP contribution is 2.37. The van der Waals surface area contributed by atoms with Crippen LogP contribution in [0.3, 0.4) is 0 Å². The number of carbonyl (C=O) groups is 1. The molecular weight excluding hydrogens is 418 g/mol. The number of pyridine rings is 2. The number of carbonyl (C=O) groups excluding carboxylic acids is 1. The van der Waals surface area contributed by atoms with E-state index in [0.29, 0.717) is 34.5 Å². The van der Waals surface area contributed by atoms with Crippen LogP contribution >= 0.6 is 0 Å². The fourth-order valence-electron chi connectivity index (χ4n) is 3.82. The Kier molecular flexibility index (Phi) is 5.27. The molecule has 0 aliphatic carbocycles. The highest BCUT2D eigenvalue weighted by Gasteiger charge is 2.34. The van der Waals surface area contributed by atoms with Gasteiger partial charge in [-0.05, 0) is 48.9 Å². The fourth-order valence-corrected chi connectivity index (χ4v) is 3.82. The molecule has 1 aromatic carbocycles. The molecule has 0 radical (unpaired) electrons. The summed E-state index contributed by atoms with van der Waals surface area (Å²) in [4.78, 5) is 26.4. The van der Waals surface area contributed by atoms with E-state index in [2.05, 4.69) is 25.6 Å². The molecule has 2 N–H and O–H groups in total. The molecule has 5 rings (SSSR count). The molecule has 164 valence electrons. The number of fused-ring (bicyclic) bond motifs is 1. The summed E-state index contributed by atoms with van der Waals surface area (Å²) in [6.07, 6.45) is 6.66. The summed E-state index contributed by atoms with van der Waals surface area (Å²) in [5.41, 5.74) is 3.43. The molecule has 0 saturated heterocycles. The van der Waals surface area contributed by atoms with Gasteiger partial charge in [-0.1, -0.05) is 12.1 Å². The number of nitrogens with one attached hydrogen (secondary N) is 2. The molecule has 9 heteroatoms. The van der Waals surface area contributed by atoms with E-state index in [9.17, 15) is 4.79 Å². The molecular formula is C24H21N7O2.